The highest BCUT2D eigenvalue weighted by molar-refractivity contribution is 7.88. The maximum atomic E-state index is 14.7. The summed E-state index contributed by atoms with van der Waals surface area (Å²) < 4.78 is 33.5. The molecule has 2 bridgehead atoms. The lowest BCUT2D eigenvalue weighted by atomic mass is 9.32. The van der Waals surface area contributed by atoms with Crippen LogP contribution in [0.2, 0.25) is 0 Å². The van der Waals surface area contributed by atoms with Crippen molar-refractivity contribution in [1.82, 2.24) is 4.31 Å². The summed E-state index contributed by atoms with van der Waals surface area (Å²) in [6.07, 6.45) is 20.3. The van der Waals surface area contributed by atoms with Crippen LogP contribution in [0.1, 0.15) is 104 Å². The molecule has 0 amide bonds. The molecule has 0 aromatic carbocycles. The lowest BCUT2D eigenvalue weighted by Crippen LogP contribution is -2.67. The van der Waals surface area contributed by atoms with Crippen LogP contribution in [0.4, 0.5) is 0 Å². The predicted octanol–water partition coefficient (Wildman–Crippen LogP) is 5.17. The maximum absolute atomic E-state index is 14.7. The van der Waals surface area contributed by atoms with Crippen molar-refractivity contribution in [3.63, 3.8) is 0 Å². The first-order valence-electron chi connectivity index (χ1n) is 17.2. The van der Waals surface area contributed by atoms with E-state index in [1.165, 1.54) is 17.0 Å². The van der Waals surface area contributed by atoms with E-state index in [9.17, 15) is 23.4 Å². The fraction of sp³-hybridized carbons (Fsp3) is 0.857. The van der Waals surface area contributed by atoms with E-state index < -0.39 is 26.5 Å². The summed E-state index contributed by atoms with van der Waals surface area (Å²) in [4.78, 5) is 14.7. The molecular formula is C35H53NO6S. The van der Waals surface area contributed by atoms with Crippen molar-refractivity contribution < 1.29 is 28.2 Å². The minimum atomic E-state index is -3.56. The van der Waals surface area contributed by atoms with E-state index in [-0.39, 0.29) is 53.9 Å². The molecule has 1 aliphatic heterocycles. The van der Waals surface area contributed by atoms with Crippen molar-refractivity contribution in [2.45, 2.75) is 122 Å². The molecular weight excluding hydrogens is 562 g/mol. The number of allylic oxidation sites excluding steroid dienone is 4. The molecule has 9 unspecified atom stereocenters. The number of aliphatic hydroxyl groups is 2. The van der Waals surface area contributed by atoms with Crippen molar-refractivity contribution in [2.75, 3.05) is 26.0 Å². The number of carbonyl (C=O) groups excluding carboxylic acids is 1. The van der Waals surface area contributed by atoms with Crippen LogP contribution in [-0.4, -0.2) is 72.5 Å². The van der Waals surface area contributed by atoms with E-state index in [2.05, 4.69) is 32.1 Å². The zero-order valence-electron chi connectivity index (χ0n) is 26.5. The Balaban J connectivity index is 1.30. The zero-order chi connectivity index (χ0) is 30.5. The van der Waals surface area contributed by atoms with Crippen molar-refractivity contribution in [1.29, 1.82) is 0 Å². The zero-order valence-corrected chi connectivity index (χ0v) is 27.3. The number of carbonyl (C=O) groups is 1. The lowest BCUT2D eigenvalue weighted by Gasteiger charge is -2.71. The molecule has 240 valence electrons. The average Bonchev–Trinajstić information content (AvgIpc) is 3.58. The molecule has 1 saturated heterocycles. The molecule has 0 radical (unpaired) electrons. The van der Waals surface area contributed by atoms with Gasteiger partial charge in [-0.05, 0) is 87.9 Å². The molecule has 8 rings (SSSR count). The van der Waals surface area contributed by atoms with Gasteiger partial charge in [0.2, 0.25) is 10.0 Å². The lowest BCUT2D eigenvalue weighted by molar-refractivity contribution is -0.177. The third kappa shape index (κ3) is 4.32. The van der Waals surface area contributed by atoms with Gasteiger partial charge in [0.15, 0.2) is 5.78 Å². The summed E-state index contributed by atoms with van der Waals surface area (Å²) in [6, 6.07) is 0. The summed E-state index contributed by atoms with van der Waals surface area (Å²) >= 11 is 0. The van der Waals surface area contributed by atoms with Gasteiger partial charge in [0.25, 0.3) is 0 Å². The van der Waals surface area contributed by atoms with Gasteiger partial charge in [-0.15, -0.1) is 0 Å². The van der Waals surface area contributed by atoms with Crippen molar-refractivity contribution in [2.24, 2.45) is 39.4 Å². The van der Waals surface area contributed by atoms with Crippen LogP contribution in [0.5, 0.6) is 0 Å². The van der Waals surface area contributed by atoms with E-state index in [1.54, 1.807) is 0 Å². The molecule has 2 N–H and O–H groups in total. The van der Waals surface area contributed by atoms with Gasteiger partial charge < -0.3 is 14.9 Å². The van der Waals surface area contributed by atoms with Crippen LogP contribution in [0, 0.1) is 39.4 Å². The smallest absolute Gasteiger partial charge is 0.211 e. The SMILES string of the molecule is CC12CCC(O)CC13C=CC1(C(C(=O)C4CCCCC4)=C3)C2CCC2(C)C1CCC2(O)CN(CC1CCCO1)S(C)(=O)=O. The van der Waals surface area contributed by atoms with E-state index in [0.717, 1.165) is 76.2 Å². The van der Waals surface area contributed by atoms with Crippen LogP contribution in [-0.2, 0) is 19.6 Å². The van der Waals surface area contributed by atoms with Gasteiger partial charge in [-0.25, -0.2) is 8.42 Å². The van der Waals surface area contributed by atoms with Crippen LogP contribution >= 0.6 is 0 Å². The number of rotatable bonds is 7. The van der Waals surface area contributed by atoms with E-state index in [1.807, 2.05) is 0 Å². The van der Waals surface area contributed by atoms with Gasteiger partial charge in [0.1, 0.15) is 0 Å². The van der Waals surface area contributed by atoms with Crippen LogP contribution in [0.3, 0.4) is 0 Å². The average molecular weight is 616 g/mol. The minimum Gasteiger partial charge on any atom is -0.393 e. The van der Waals surface area contributed by atoms with Gasteiger partial charge >= 0.3 is 0 Å². The van der Waals surface area contributed by atoms with E-state index in [0.29, 0.717) is 25.2 Å². The molecule has 2 spiro atoms. The first kappa shape index (κ1) is 30.6. The number of fused-ring (bicyclic) bond motifs is 1. The maximum Gasteiger partial charge on any atom is 0.211 e. The summed E-state index contributed by atoms with van der Waals surface area (Å²) in [6.45, 7) is 5.62. The Labute approximate surface area is 258 Å². The number of sulfonamides is 1. The quantitative estimate of drug-likeness (QED) is 0.383. The van der Waals surface area contributed by atoms with Gasteiger partial charge in [-0.2, -0.15) is 4.31 Å². The Hall–Kier alpha value is -1.06. The highest BCUT2D eigenvalue weighted by atomic mass is 32.2. The van der Waals surface area contributed by atoms with Gasteiger partial charge in [0, 0.05) is 47.4 Å². The minimum absolute atomic E-state index is 0.0462. The van der Waals surface area contributed by atoms with Gasteiger partial charge in [-0.3, -0.25) is 4.79 Å². The highest BCUT2D eigenvalue weighted by Crippen LogP contribution is 2.78. The first-order valence-corrected chi connectivity index (χ1v) is 19.1. The standard InChI is InChI=1S/C35H53NO6S/c1-31-14-11-25(37)20-33(31)17-18-35(27(21-33)30(38)24-8-5-4-6-9-24)28(31)12-15-32(2)29(35)13-16-34(32,39)23-36(43(3,40)41)22-26-10-7-19-42-26/h17-18,21,24-26,28-29,37,39H,4-16,19-20,22-23H2,1-3H3. The molecule has 0 aromatic heterocycles. The fourth-order valence-corrected chi connectivity index (χ4v) is 12.7. The second-order valence-electron chi connectivity index (χ2n) is 16.2. The normalized spacial score (nSPS) is 47.7. The Bertz CT molecular complexity index is 1320. The molecule has 7 aliphatic carbocycles. The van der Waals surface area contributed by atoms with Crippen LogP contribution in [0.25, 0.3) is 0 Å². The second kappa shape index (κ2) is 10.2. The summed E-state index contributed by atoms with van der Waals surface area (Å²) in [5.41, 5.74) is -1.60. The van der Waals surface area contributed by atoms with Crippen molar-refractivity contribution >= 4 is 15.8 Å². The number of ketones is 1. The van der Waals surface area contributed by atoms with E-state index in [4.69, 9.17) is 4.74 Å². The molecule has 5 fully saturated rings. The third-order valence-electron chi connectivity index (χ3n) is 14.3. The van der Waals surface area contributed by atoms with Crippen LogP contribution < -0.4 is 0 Å². The van der Waals surface area contributed by atoms with Crippen LogP contribution in [0.15, 0.2) is 23.8 Å². The topological polar surface area (TPSA) is 104 Å². The third-order valence-corrected chi connectivity index (χ3v) is 15.5. The molecule has 1 heterocycles. The predicted molar refractivity (Wildman–Crippen MR) is 166 cm³/mol. The number of hydrogen-bond acceptors (Lipinski definition) is 6. The van der Waals surface area contributed by atoms with Crippen molar-refractivity contribution in [3.8, 4) is 0 Å². The number of aliphatic hydroxyl groups excluding tert-OH is 1. The summed E-state index contributed by atoms with van der Waals surface area (Å²) in [7, 11) is -3.56. The highest BCUT2D eigenvalue weighted by Gasteiger charge is 2.74. The fourth-order valence-electron chi connectivity index (χ4n) is 11.8. The summed E-state index contributed by atoms with van der Waals surface area (Å²) in [5.74, 6) is 0.680. The molecule has 0 aromatic rings. The molecule has 9 atom stereocenters. The summed E-state index contributed by atoms with van der Waals surface area (Å²) in [5, 5.41) is 23.6. The number of Topliss-reactive ketones (excluding diaryl/α,β-unsaturated/α-hetero) is 1. The molecule has 4 saturated carbocycles. The molecule has 7 nitrogen and oxygen atoms in total. The first-order chi connectivity index (χ1) is 20.3. The van der Waals surface area contributed by atoms with E-state index >= 15 is 0 Å². The number of nitrogens with zero attached hydrogens (tertiary/aromatic N) is 1. The Morgan fingerprint density at radius 3 is 2.35 bits per heavy atom. The molecule has 8 heteroatoms. The molecule has 8 aliphatic rings. The Kier molecular flexibility index (Phi) is 7.27. The van der Waals surface area contributed by atoms with Gasteiger partial charge in [0.05, 0.1) is 24.1 Å². The largest absolute Gasteiger partial charge is 0.393 e. The number of ether oxygens (including phenoxy) is 1. The molecule has 43 heavy (non-hydrogen) atoms. The second-order valence-corrected chi connectivity index (χ2v) is 18.2. The number of hydrogen-bond donors (Lipinski definition) is 2. The monoisotopic (exact) mass is 615 g/mol. The van der Waals surface area contributed by atoms with Crippen molar-refractivity contribution in [3.05, 3.63) is 23.8 Å². The Morgan fingerprint density at radius 1 is 0.953 bits per heavy atom. The Morgan fingerprint density at radius 2 is 1.65 bits per heavy atom. The van der Waals surface area contributed by atoms with Gasteiger partial charge in [-0.1, -0.05) is 51.3 Å².